The molecule has 0 spiro atoms. The second kappa shape index (κ2) is 4.94. The number of amides is 1. The second-order valence-electron chi connectivity index (χ2n) is 5.47. The molecule has 0 aromatic rings. The molecule has 1 rings (SSSR count). The van der Waals surface area contributed by atoms with Gasteiger partial charge in [-0.2, -0.15) is 0 Å². The van der Waals surface area contributed by atoms with Gasteiger partial charge < -0.3 is 14.7 Å². The lowest BCUT2D eigenvalue weighted by Gasteiger charge is -2.28. The quantitative estimate of drug-likeness (QED) is 0.806. The van der Waals surface area contributed by atoms with Crippen molar-refractivity contribution >= 4 is 12.1 Å². The van der Waals surface area contributed by atoms with E-state index in [1.807, 2.05) is 6.92 Å². The maximum atomic E-state index is 11.9. The van der Waals surface area contributed by atoms with Gasteiger partial charge in [0.1, 0.15) is 5.60 Å². The summed E-state index contributed by atoms with van der Waals surface area (Å²) in [5.41, 5.74) is -0.545. The first-order chi connectivity index (χ1) is 7.74. The van der Waals surface area contributed by atoms with E-state index in [1.54, 1.807) is 25.7 Å². The van der Waals surface area contributed by atoms with Gasteiger partial charge in [-0.15, -0.1) is 0 Å². The van der Waals surface area contributed by atoms with E-state index in [-0.39, 0.29) is 12.6 Å². The van der Waals surface area contributed by atoms with Gasteiger partial charge in [0.15, 0.2) is 0 Å². The normalized spacial score (nSPS) is 24.8. The Kier molecular flexibility index (Phi) is 4.01. The minimum absolute atomic E-state index is 0.0223. The Balaban J connectivity index is 2.69. The van der Waals surface area contributed by atoms with Gasteiger partial charge >= 0.3 is 12.1 Å². The fourth-order valence-electron chi connectivity index (χ4n) is 2.03. The van der Waals surface area contributed by atoms with Gasteiger partial charge in [0.25, 0.3) is 0 Å². The first-order valence-electron chi connectivity index (χ1n) is 5.97. The maximum Gasteiger partial charge on any atom is 0.410 e. The van der Waals surface area contributed by atoms with E-state index in [2.05, 4.69) is 0 Å². The van der Waals surface area contributed by atoms with E-state index in [0.717, 1.165) is 6.42 Å². The summed E-state index contributed by atoms with van der Waals surface area (Å²) >= 11 is 0. The SMILES string of the molecule is CCC1CC(C(=O)O)CN1C(=O)OC(C)(C)C. The zero-order chi connectivity index (χ0) is 13.2. The van der Waals surface area contributed by atoms with Crippen LogP contribution in [0.1, 0.15) is 40.5 Å². The Labute approximate surface area is 102 Å². The molecule has 1 fully saturated rings. The first-order valence-corrected chi connectivity index (χ1v) is 5.97. The molecule has 0 aromatic heterocycles. The van der Waals surface area contributed by atoms with Gasteiger partial charge in [0, 0.05) is 12.6 Å². The molecule has 0 saturated carbocycles. The van der Waals surface area contributed by atoms with Crippen molar-refractivity contribution in [3.05, 3.63) is 0 Å². The summed E-state index contributed by atoms with van der Waals surface area (Å²) in [7, 11) is 0. The minimum atomic E-state index is -0.838. The topological polar surface area (TPSA) is 66.8 Å². The molecule has 98 valence electrons. The summed E-state index contributed by atoms with van der Waals surface area (Å²) < 4.78 is 5.28. The number of hydrogen-bond acceptors (Lipinski definition) is 3. The molecule has 2 atom stereocenters. The van der Waals surface area contributed by atoms with E-state index >= 15 is 0 Å². The van der Waals surface area contributed by atoms with E-state index in [1.165, 1.54) is 0 Å². The molecule has 1 amide bonds. The molecule has 5 nitrogen and oxygen atoms in total. The van der Waals surface area contributed by atoms with Crippen molar-refractivity contribution in [1.29, 1.82) is 0 Å². The molecule has 1 aliphatic heterocycles. The molecular formula is C12H21NO4. The molecule has 0 aliphatic carbocycles. The molecule has 17 heavy (non-hydrogen) atoms. The van der Waals surface area contributed by atoms with Crippen LogP contribution in [0.4, 0.5) is 4.79 Å². The zero-order valence-corrected chi connectivity index (χ0v) is 10.9. The van der Waals surface area contributed by atoms with Crippen molar-refractivity contribution < 1.29 is 19.4 Å². The third-order valence-electron chi connectivity index (χ3n) is 2.86. The minimum Gasteiger partial charge on any atom is -0.481 e. The zero-order valence-electron chi connectivity index (χ0n) is 10.9. The summed E-state index contributed by atoms with van der Waals surface area (Å²) in [5, 5.41) is 8.98. The number of aliphatic carboxylic acids is 1. The van der Waals surface area contributed by atoms with Gasteiger partial charge in [-0.1, -0.05) is 6.92 Å². The number of nitrogens with zero attached hydrogens (tertiary/aromatic N) is 1. The van der Waals surface area contributed by atoms with Crippen molar-refractivity contribution in [2.75, 3.05) is 6.54 Å². The molecule has 2 unspecified atom stereocenters. The van der Waals surface area contributed by atoms with Crippen LogP contribution in [-0.4, -0.2) is 40.3 Å². The standard InChI is InChI=1S/C12H21NO4/c1-5-9-6-8(10(14)15)7-13(9)11(16)17-12(2,3)4/h8-9H,5-7H2,1-4H3,(H,14,15). The lowest BCUT2D eigenvalue weighted by atomic mass is 10.1. The third kappa shape index (κ3) is 3.61. The van der Waals surface area contributed by atoms with E-state index in [9.17, 15) is 9.59 Å². The largest absolute Gasteiger partial charge is 0.481 e. The summed E-state index contributed by atoms with van der Waals surface area (Å²) in [6.07, 6.45) is 0.863. The van der Waals surface area contributed by atoms with Gasteiger partial charge in [-0.25, -0.2) is 4.79 Å². The van der Waals surface area contributed by atoms with Crippen LogP contribution < -0.4 is 0 Å². The maximum absolute atomic E-state index is 11.9. The highest BCUT2D eigenvalue weighted by Crippen LogP contribution is 2.27. The highest BCUT2D eigenvalue weighted by molar-refractivity contribution is 5.74. The average molecular weight is 243 g/mol. The molecule has 0 bridgehead atoms. The molecule has 0 aromatic carbocycles. The number of rotatable bonds is 2. The van der Waals surface area contributed by atoms with Crippen molar-refractivity contribution in [2.45, 2.75) is 52.2 Å². The lowest BCUT2D eigenvalue weighted by molar-refractivity contribution is -0.141. The predicted octanol–water partition coefficient (Wildman–Crippen LogP) is 2.11. The Bertz CT molecular complexity index is 308. The highest BCUT2D eigenvalue weighted by Gasteiger charge is 2.39. The number of hydrogen-bond donors (Lipinski definition) is 1. The lowest BCUT2D eigenvalue weighted by Crippen LogP contribution is -2.40. The van der Waals surface area contributed by atoms with Crippen LogP contribution in [0.25, 0.3) is 0 Å². The van der Waals surface area contributed by atoms with E-state index in [0.29, 0.717) is 6.42 Å². The second-order valence-corrected chi connectivity index (χ2v) is 5.47. The number of ether oxygens (including phenoxy) is 1. The summed E-state index contributed by atoms with van der Waals surface area (Å²) in [5.74, 6) is -1.30. The average Bonchev–Trinajstić information content (AvgIpc) is 2.58. The number of carboxylic acid groups (broad SMARTS) is 1. The van der Waals surface area contributed by atoms with Crippen LogP contribution in [0, 0.1) is 5.92 Å². The van der Waals surface area contributed by atoms with Crippen LogP contribution >= 0.6 is 0 Å². The third-order valence-corrected chi connectivity index (χ3v) is 2.86. The first kappa shape index (κ1) is 13.8. The van der Waals surface area contributed by atoms with Crippen molar-refractivity contribution in [2.24, 2.45) is 5.92 Å². The van der Waals surface area contributed by atoms with Crippen LogP contribution in [0.3, 0.4) is 0 Å². The predicted molar refractivity (Wildman–Crippen MR) is 62.8 cm³/mol. The smallest absolute Gasteiger partial charge is 0.410 e. The number of likely N-dealkylation sites (tertiary alicyclic amines) is 1. The highest BCUT2D eigenvalue weighted by atomic mass is 16.6. The van der Waals surface area contributed by atoms with Crippen molar-refractivity contribution in [3.63, 3.8) is 0 Å². The number of carboxylic acids is 1. The summed E-state index contributed by atoms with van der Waals surface area (Å²) in [4.78, 5) is 24.4. The van der Waals surface area contributed by atoms with Gasteiger partial charge in [-0.05, 0) is 33.6 Å². The van der Waals surface area contributed by atoms with Crippen LogP contribution in [-0.2, 0) is 9.53 Å². The fourth-order valence-corrected chi connectivity index (χ4v) is 2.03. The molecule has 0 radical (unpaired) electrons. The van der Waals surface area contributed by atoms with Gasteiger partial charge in [0.2, 0.25) is 0 Å². The van der Waals surface area contributed by atoms with Crippen LogP contribution in [0.5, 0.6) is 0 Å². The van der Waals surface area contributed by atoms with Crippen LogP contribution in [0.2, 0.25) is 0 Å². The molecular weight excluding hydrogens is 222 g/mol. The van der Waals surface area contributed by atoms with Crippen molar-refractivity contribution in [1.82, 2.24) is 4.90 Å². The molecule has 1 aliphatic rings. The van der Waals surface area contributed by atoms with Gasteiger partial charge in [0.05, 0.1) is 5.92 Å². The molecule has 1 saturated heterocycles. The Hall–Kier alpha value is -1.26. The Morgan fingerprint density at radius 2 is 2.00 bits per heavy atom. The monoisotopic (exact) mass is 243 g/mol. The number of carbonyl (C=O) groups excluding carboxylic acids is 1. The molecule has 1 N–H and O–H groups in total. The Morgan fingerprint density at radius 3 is 2.41 bits per heavy atom. The fraction of sp³-hybridized carbons (Fsp3) is 0.833. The van der Waals surface area contributed by atoms with Crippen LogP contribution in [0.15, 0.2) is 0 Å². The van der Waals surface area contributed by atoms with E-state index < -0.39 is 23.6 Å². The Morgan fingerprint density at radius 1 is 1.41 bits per heavy atom. The van der Waals surface area contributed by atoms with Crippen molar-refractivity contribution in [3.8, 4) is 0 Å². The van der Waals surface area contributed by atoms with Gasteiger partial charge in [-0.3, -0.25) is 4.79 Å². The summed E-state index contributed by atoms with van der Waals surface area (Å²) in [6.45, 7) is 7.61. The summed E-state index contributed by atoms with van der Waals surface area (Å²) in [6, 6.07) is -0.0223. The number of carbonyl (C=O) groups is 2. The molecule has 1 heterocycles. The molecule has 5 heteroatoms. The van der Waals surface area contributed by atoms with E-state index in [4.69, 9.17) is 9.84 Å².